The zero-order valence-corrected chi connectivity index (χ0v) is 21.7. The molecule has 0 amide bonds. The van der Waals surface area contributed by atoms with Crippen LogP contribution in [0.3, 0.4) is 0 Å². The molecule has 1 aliphatic rings. The van der Waals surface area contributed by atoms with E-state index in [-0.39, 0.29) is 11.6 Å². The number of hydrogen-bond acceptors (Lipinski definition) is 10. The minimum atomic E-state index is 0.0508. The van der Waals surface area contributed by atoms with Gasteiger partial charge in [-0.2, -0.15) is 4.98 Å². The summed E-state index contributed by atoms with van der Waals surface area (Å²) >= 11 is 0. The molecule has 1 aliphatic heterocycles. The Hall–Kier alpha value is -4.83. The second-order valence-corrected chi connectivity index (χ2v) is 8.62. The number of phenols is 1. The second kappa shape index (κ2) is 12.1. The fraction of sp³-hybridized carbons (Fsp3) is 0.207. The zero-order valence-electron chi connectivity index (χ0n) is 21.7. The third-order valence-electron chi connectivity index (χ3n) is 6.07. The summed E-state index contributed by atoms with van der Waals surface area (Å²) in [7, 11) is 3.10. The van der Waals surface area contributed by atoms with Gasteiger partial charge in [-0.15, -0.1) is 0 Å². The minimum absolute atomic E-state index is 0.0508. The summed E-state index contributed by atoms with van der Waals surface area (Å²) in [5.74, 6) is 2.32. The third kappa shape index (κ3) is 6.55. The summed E-state index contributed by atoms with van der Waals surface area (Å²) < 4.78 is 22.0. The van der Waals surface area contributed by atoms with Gasteiger partial charge in [-0.3, -0.25) is 0 Å². The molecule has 4 aromatic rings. The van der Waals surface area contributed by atoms with Crippen LogP contribution in [0.4, 0.5) is 23.0 Å². The predicted octanol–water partition coefficient (Wildman–Crippen LogP) is 5.32. The average molecular weight is 528 g/mol. The molecule has 1 saturated heterocycles. The number of aromatic nitrogens is 2. The molecule has 0 radical (unpaired) electrons. The number of hydrogen-bond donors (Lipinski definition) is 2. The largest absolute Gasteiger partial charge is 0.504 e. The van der Waals surface area contributed by atoms with Gasteiger partial charge >= 0.3 is 0 Å². The van der Waals surface area contributed by atoms with Crippen LogP contribution in [0.1, 0.15) is 5.56 Å². The molecule has 2 heterocycles. The number of anilines is 3. The Morgan fingerprint density at radius 1 is 0.949 bits per heavy atom. The highest BCUT2D eigenvalue weighted by Gasteiger charge is 2.13. The van der Waals surface area contributed by atoms with E-state index in [4.69, 9.17) is 18.9 Å². The first kappa shape index (κ1) is 25.8. The summed E-state index contributed by atoms with van der Waals surface area (Å²) in [5.41, 5.74) is 3.13. The fourth-order valence-electron chi connectivity index (χ4n) is 3.96. The number of nitrogens with one attached hydrogen (secondary N) is 1. The van der Waals surface area contributed by atoms with Crippen molar-refractivity contribution in [3.05, 3.63) is 78.5 Å². The number of ether oxygens (including phenoxy) is 4. The van der Waals surface area contributed by atoms with E-state index < -0.39 is 0 Å². The van der Waals surface area contributed by atoms with Crippen molar-refractivity contribution in [1.82, 2.24) is 9.97 Å². The van der Waals surface area contributed by atoms with E-state index >= 15 is 0 Å². The van der Waals surface area contributed by atoms with Crippen molar-refractivity contribution in [3.8, 4) is 28.9 Å². The second-order valence-electron chi connectivity index (χ2n) is 8.62. The molecular weight excluding hydrogens is 498 g/mol. The summed E-state index contributed by atoms with van der Waals surface area (Å²) in [6, 6.07) is 20.2. The number of aromatic hydroxyl groups is 1. The maximum absolute atomic E-state index is 9.87. The normalized spacial score (nSPS) is 13.3. The molecular formula is C29H29N5O5. The van der Waals surface area contributed by atoms with E-state index in [1.165, 1.54) is 7.11 Å². The van der Waals surface area contributed by atoms with Crippen LogP contribution in [0, 0.1) is 0 Å². The number of phenolic OH excluding ortho intramolecular Hbond substituents is 1. The highest BCUT2D eigenvalue weighted by Crippen LogP contribution is 2.32. The van der Waals surface area contributed by atoms with Crippen LogP contribution in [0.25, 0.3) is 0 Å². The van der Waals surface area contributed by atoms with Gasteiger partial charge < -0.3 is 34.3 Å². The number of rotatable bonds is 9. The Labute approximate surface area is 226 Å². The topological polar surface area (TPSA) is 111 Å². The lowest BCUT2D eigenvalue weighted by Crippen LogP contribution is -2.36. The molecule has 0 spiro atoms. The van der Waals surface area contributed by atoms with Crippen LogP contribution < -0.4 is 24.4 Å². The Morgan fingerprint density at radius 3 is 2.41 bits per heavy atom. The summed E-state index contributed by atoms with van der Waals surface area (Å²) in [6.07, 6.45) is 3.21. The molecule has 3 aromatic carbocycles. The van der Waals surface area contributed by atoms with Gasteiger partial charge in [0.2, 0.25) is 11.8 Å². The smallest absolute Gasteiger partial charge is 0.250 e. The SMILES string of the molecule is COc1ccc(Oc2nc(Nc3ccc(N4CCOCC4)cc3)ncc2N=Cc2ccc(O)c(OC)c2)cc1. The summed E-state index contributed by atoms with van der Waals surface area (Å²) in [4.78, 5) is 15.9. The number of methoxy groups -OCH3 is 2. The molecule has 10 nitrogen and oxygen atoms in total. The Balaban J connectivity index is 1.39. The minimum Gasteiger partial charge on any atom is -0.504 e. The molecule has 10 heteroatoms. The quantitative estimate of drug-likeness (QED) is 0.279. The predicted molar refractivity (Wildman–Crippen MR) is 150 cm³/mol. The Kier molecular flexibility index (Phi) is 8.03. The van der Waals surface area contributed by atoms with Crippen LogP contribution in [0.5, 0.6) is 28.9 Å². The van der Waals surface area contributed by atoms with Crippen molar-refractivity contribution in [2.75, 3.05) is 50.7 Å². The van der Waals surface area contributed by atoms with Crippen molar-refractivity contribution in [2.45, 2.75) is 0 Å². The Morgan fingerprint density at radius 2 is 1.69 bits per heavy atom. The van der Waals surface area contributed by atoms with Crippen LogP contribution >= 0.6 is 0 Å². The molecule has 5 rings (SSSR count). The maximum atomic E-state index is 9.87. The van der Waals surface area contributed by atoms with E-state index in [9.17, 15) is 5.11 Å². The van der Waals surface area contributed by atoms with E-state index in [0.29, 0.717) is 28.9 Å². The summed E-state index contributed by atoms with van der Waals surface area (Å²) in [5, 5.41) is 13.1. The molecule has 0 aliphatic carbocycles. The lowest BCUT2D eigenvalue weighted by atomic mass is 10.2. The standard InChI is InChI=1S/C29H29N5O5/c1-36-23-8-10-24(11-9-23)39-28-25(30-18-20-3-12-26(35)27(17-20)37-2)19-31-29(33-28)32-21-4-6-22(7-5-21)34-13-15-38-16-14-34/h3-12,17-19,35H,13-16H2,1-2H3,(H,31,32,33). The van der Waals surface area contributed by atoms with Gasteiger partial charge in [0, 0.05) is 30.7 Å². The molecule has 0 bridgehead atoms. The van der Waals surface area contributed by atoms with Crippen LogP contribution in [-0.2, 0) is 4.74 Å². The highest BCUT2D eigenvalue weighted by molar-refractivity contribution is 5.83. The molecule has 39 heavy (non-hydrogen) atoms. The number of aliphatic imine (C=N–C) groups is 1. The fourth-order valence-corrected chi connectivity index (χ4v) is 3.96. The van der Waals surface area contributed by atoms with E-state index in [2.05, 4.69) is 37.3 Å². The molecule has 200 valence electrons. The van der Waals surface area contributed by atoms with Gasteiger partial charge in [0.1, 0.15) is 17.2 Å². The van der Waals surface area contributed by atoms with Gasteiger partial charge in [0.25, 0.3) is 0 Å². The number of morpholine rings is 1. The Bertz CT molecular complexity index is 1420. The molecule has 1 fully saturated rings. The first-order valence-electron chi connectivity index (χ1n) is 12.4. The third-order valence-corrected chi connectivity index (χ3v) is 6.07. The van der Waals surface area contributed by atoms with Gasteiger partial charge in [0.15, 0.2) is 11.5 Å². The van der Waals surface area contributed by atoms with Crippen LogP contribution in [0.2, 0.25) is 0 Å². The van der Waals surface area contributed by atoms with Gasteiger partial charge in [-0.05, 0) is 72.3 Å². The number of benzene rings is 3. The van der Waals surface area contributed by atoms with Gasteiger partial charge in [0.05, 0.1) is 33.6 Å². The van der Waals surface area contributed by atoms with Crippen molar-refractivity contribution >= 4 is 29.2 Å². The lowest BCUT2D eigenvalue weighted by Gasteiger charge is -2.28. The van der Waals surface area contributed by atoms with Gasteiger partial charge in [-0.25, -0.2) is 9.98 Å². The van der Waals surface area contributed by atoms with Crippen LogP contribution in [-0.4, -0.2) is 61.8 Å². The van der Waals surface area contributed by atoms with Crippen molar-refractivity contribution in [3.63, 3.8) is 0 Å². The zero-order chi connectivity index (χ0) is 27.0. The first-order chi connectivity index (χ1) is 19.1. The van der Waals surface area contributed by atoms with E-state index in [1.807, 2.05) is 12.1 Å². The van der Waals surface area contributed by atoms with Crippen molar-refractivity contribution in [1.29, 1.82) is 0 Å². The monoisotopic (exact) mass is 527 g/mol. The molecule has 2 N–H and O–H groups in total. The molecule has 0 saturated carbocycles. The van der Waals surface area contributed by atoms with E-state index in [0.717, 1.165) is 43.2 Å². The average Bonchev–Trinajstić information content (AvgIpc) is 2.99. The van der Waals surface area contributed by atoms with Crippen LogP contribution in [0.15, 0.2) is 77.9 Å². The molecule has 1 aromatic heterocycles. The van der Waals surface area contributed by atoms with Crippen molar-refractivity contribution < 1.29 is 24.1 Å². The first-order valence-corrected chi connectivity index (χ1v) is 12.4. The van der Waals surface area contributed by atoms with E-state index in [1.54, 1.807) is 62.0 Å². The summed E-state index contributed by atoms with van der Waals surface area (Å²) in [6.45, 7) is 3.22. The maximum Gasteiger partial charge on any atom is 0.250 e. The van der Waals surface area contributed by atoms with Gasteiger partial charge in [-0.1, -0.05) is 0 Å². The molecule has 0 unspecified atom stereocenters. The lowest BCUT2D eigenvalue weighted by molar-refractivity contribution is 0.122. The molecule has 0 atom stereocenters. The number of nitrogens with zero attached hydrogens (tertiary/aromatic N) is 4. The highest BCUT2D eigenvalue weighted by atomic mass is 16.5. The van der Waals surface area contributed by atoms with Crippen molar-refractivity contribution in [2.24, 2.45) is 4.99 Å².